The number of hydrogen-bond acceptors (Lipinski definition) is 2. The molecule has 0 aromatic heterocycles. The summed E-state index contributed by atoms with van der Waals surface area (Å²) >= 11 is 0. The average Bonchev–Trinajstić information content (AvgIpc) is 1.64. The molecule has 0 saturated carbocycles. The molecule has 0 N–H and O–H groups in total. The van der Waals surface area contributed by atoms with Crippen molar-refractivity contribution >= 4 is 12.4 Å². The Morgan fingerprint density at radius 3 is 2.56 bits per heavy atom. The lowest BCUT2D eigenvalue weighted by Crippen LogP contribution is -2.38. The lowest BCUT2D eigenvalue weighted by atomic mass is 10.3. The predicted molar refractivity (Wildman–Crippen MR) is 40.2 cm³/mol. The van der Waals surface area contributed by atoms with Gasteiger partial charge >= 0.3 is 0 Å². The standard InChI is InChI=1S/C6H13NO.ClH/c1-6-5-7(2)3-4-8-6;/h6H,3-5H2,1-2H3;1H. The maximum absolute atomic E-state index is 5.31. The van der Waals surface area contributed by atoms with E-state index in [0.29, 0.717) is 6.10 Å². The molecular formula is C6H14ClNO. The van der Waals surface area contributed by atoms with Crippen LogP contribution >= 0.6 is 12.4 Å². The highest BCUT2D eigenvalue weighted by atomic mass is 35.5. The Morgan fingerprint density at radius 1 is 1.56 bits per heavy atom. The van der Waals surface area contributed by atoms with E-state index in [2.05, 4.69) is 18.9 Å². The molecule has 56 valence electrons. The van der Waals surface area contributed by atoms with Crippen molar-refractivity contribution in [2.45, 2.75) is 13.0 Å². The molecule has 0 spiro atoms. The first kappa shape index (κ1) is 9.21. The molecule has 1 atom stereocenters. The number of likely N-dealkylation sites (N-methyl/N-ethyl adjacent to an activating group) is 1. The van der Waals surface area contributed by atoms with Crippen LogP contribution in [-0.2, 0) is 4.74 Å². The summed E-state index contributed by atoms with van der Waals surface area (Å²) < 4.78 is 5.31. The van der Waals surface area contributed by atoms with Gasteiger partial charge in [0.2, 0.25) is 0 Å². The quantitative estimate of drug-likeness (QED) is 0.507. The first-order valence-electron chi connectivity index (χ1n) is 3.09. The molecule has 3 heteroatoms. The summed E-state index contributed by atoms with van der Waals surface area (Å²) in [5, 5.41) is 0. The van der Waals surface area contributed by atoms with E-state index in [4.69, 9.17) is 4.74 Å². The molecule has 1 fully saturated rings. The molecule has 0 bridgehead atoms. The first-order chi connectivity index (χ1) is 3.79. The van der Waals surface area contributed by atoms with E-state index in [1.54, 1.807) is 0 Å². The monoisotopic (exact) mass is 151 g/mol. The molecule has 0 amide bonds. The van der Waals surface area contributed by atoms with Gasteiger partial charge in [0, 0.05) is 13.1 Å². The molecule has 0 aromatic rings. The normalized spacial score (nSPS) is 29.3. The van der Waals surface area contributed by atoms with Gasteiger partial charge < -0.3 is 9.64 Å². The fourth-order valence-electron chi connectivity index (χ4n) is 0.993. The van der Waals surface area contributed by atoms with Gasteiger partial charge in [-0.1, -0.05) is 0 Å². The van der Waals surface area contributed by atoms with Crippen molar-refractivity contribution in [3.8, 4) is 0 Å². The van der Waals surface area contributed by atoms with Crippen LogP contribution in [0.2, 0.25) is 0 Å². The molecule has 1 aliphatic heterocycles. The van der Waals surface area contributed by atoms with Crippen molar-refractivity contribution in [1.82, 2.24) is 4.90 Å². The van der Waals surface area contributed by atoms with Gasteiger partial charge in [-0.15, -0.1) is 12.4 Å². The van der Waals surface area contributed by atoms with Crippen LogP contribution in [0.3, 0.4) is 0 Å². The van der Waals surface area contributed by atoms with Crippen molar-refractivity contribution in [1.29, 1.82) is 0 Å². The van der Waals surface area contributed by atoms with Gasteiger partial charge in [-0.3, -0.25) is 0 Å². The predicted octanol–water partition coefficient (Wildman–Crippen LogP) is 0.759. The first-order valence-corrected chi connectivity index (χ1v) is 3.09. The largest absolute Gasteiger partial charge is 0.376 e. The summed E-state index contributed by atoms with van der Waals surface area (Å²) in [6.07, 6.45) is 0.439. The van der Waals surface area contributed by atoms with E-state index in [1.807, 2.05) is 0 Å². The summed E-state index contributed by atoms with van der Waals surface area (Å²) in [5.74, 6) is 0. The summed E-state index contributed by atoms with van der Waals surface area (Å²) in [6.45, 7) is 5.18. The highest BCUT2D eigenvalue weighted by molar-refractivity contribution is 5.85. The maximum atomic E-state index is 5.31. The van der Waals surface area contributed by atoms with Crippen molar-refractivity contribution in [3.05, 3.63) is 0 Å². The molecular weight excluding hydrogens is 138 g/mol. The minimum absolute atomic E-state index is 0. The van der Waals surface area contributed by atoms with E-state index >= 15 is 0 Å². The topological polar surface area (TPSA) is 12.5 Å². The Morgan fingerprint density at radius 2 is 2.22 bits per heavy atom. The zero-order valence-electron chi connectivity index (χ0n) is 5.96. The molecule has 0 aliphatic carbocycles. The van der Waals surface area contributed by atoms with E-state index in [0.717, 1.165) is 19.7 Å². The number of nitrogens with zero attached hydrogens (tertiary/aromatic N) is 1. The van der Waals surface area contributed by atoms with Gasteiger partial charge in [0.05, 0.1) is 12.7 Å². The van der Waals surface area contributed by atoms with Crippen LogP contribution in [0.1, 0.15) is 6.92 Å². The molecule has 1 rings (SSSR count). The minimum atomic E-state index is 0. The van der Waals surface area contributed by atoms with Gasteiger partial charge in [0.15, 0.2) is 0 Å². The molecule has 1 unspecified atom stereocenters. The van der Waals surface area contributed by atoms with E-state index in [-0.39, 0.29) is 12.4 Å². The van der Waals surface area contributed by atoms with Crippen molar-refractivity contribution in [2.75, 3.05) is 26.7 Å². The molecule has 1 aliphatic rings. The van der Waals surface area contributed by atoms with E-state index in [1.165, 1.54) is 0 Å². The number of morpholine rings is 1. The third-order valence-electron chi connectivity index (χ3n) is 1.44. The SMILES string of the molecule is CC1CN(C)CCO1.Cl. The van der Waals surface area contributed by atoms with Gasteiger partial charge in [-0.25, -0.2) is 0 Å². The van der Waals surface area contributed by atoms with Crippen molar-refractivity contribution in [2.24, 2.45) is 0 Å². The molecule has 1 heterocycles. The van der Waals surface area contributed by atoms with Crippen LogP contribution < -0.4 is 0 Å². The fourth-order valence-corrected chi connectivity index (χ4v) is 0.993. The second kappa shape index (κ2) is 4.09. The molecule has 1 saturated heterocycles. The maximum Gasteiger partial charge on any atom is 0.0674 e. The van der Waals surface area contributed by atoms with Crippen molar-refractivity contribution < 1.29 is 4.74 Å². The van der Waals surface area contributed by atoms with E-state index < -0.39 is 0 Å². The van der Waals surface area contributed by atoms with Crippen LogP contribution in [0.4, 0.5) is 0 Å². The molecule has 0 aromatic carbocycles. The lowest BCUT2D eigenvalue weighted by Gasteiger charge is -2.27. The highest BCUT2D eigenvalue weighted by Crippen LogP contribution is 1.99. The third kappa shape index (κ3) is 3.04. The Labute approximate surface area is 62.6 Å². The van der Waals surface area contributed by atoms with Gasteiger partial charge in [0.25, 0.3) is 0 Å². The van der Waals surface area contributed by atoms with Crippen LogP contribution in [-0.4, -0.2) is 37.7 Å². The molecule has 9 heavy (non-hydrogen) atoms. The molecule has 0 radical (unpaired) electrons. The Kier molecular flexibility index (Phi) is 4.19. The smallest absolute Gasteiger partial charge is 0.0674 e. The summed E-state index contributed by atoms with van der Waals surface area (Å²) in [6, 6.07) is 0. The van der Waals surface area contributed by atoms with Crippen LogP contribution in [0.25, 0.3) is 0 Å². The Balaban J connectivity index is 0.000000640. The van der Waals surface area contributed by atoms with Crippen LogP contribution in [0.5, 0.6) is 0 Å². The Bertz CT molecular complexity index is 71.5. The summed E-state index contributed by atoms with van der Waals surface area (Å²) in [7, 11) is 2.12. The second-order valence-electron chi connectivity index (χ2n) is 2.44. The number of hydrogen-bond donors (Lipinski definition) is 0. The summed E-state index contributed by atoms with van der Waals surface area (Å²) in [5.41, 5.74) is 0. The number of rotatable bonds is 0. The van der Waals surface area contributed by atoms with E-state index in [9.17, 15) is 0 Å². The number of ether oxygens (including phenoxy) is 1. The van der Waals surface area contributed by atoms with Gasteiger partial charge in [-0.2, -0.15) is 0 Å². The zero-order valence-corrected chi connectivity index (χ0v) is 6.78. The third-order valence-corrected chi connectivity index (χ3v) is 1.44. The van der Waals surface area contributed by atoms with Crippen molar-refractivity contribution in [3.63, 3.8) is 0 Å². The summed E-state index contributed by atoms with van der Waals surface area (Å²) in [4.78, 5) is 2.29. The fraction of sp³-hybridized carbons (Fsp3) is 1.00. The van der Waals surface area contributed by atoms with Crippen LogP contribution in [0, 0.1) is 0 Å². The Hall–Kier alpha value is 0.210. The molecule has 2 nitrogen and oxygen atoms in total. The zero-order chi connectivity index (χ0) is 5.98. The highest BCUT2D eigenvalue weighted by Gasteiger charge is 2.11. The van der Waals surface area contributed by atoms with Gasteiger partial charge in [0.1, 0.15) is 0 Å². The lowest BCUT2D eigenvalue weighted by molar-refractivity contribution is -0.00861. The average molecular weight is 152 g/mol. The second-order valence-corrected chi connectivity index (χ2v) is 2.44. The van der Waals surface area contributed by atoms with Crippen LogP contribution in [0.15, 0.2) is 0 Å². The number of halogens is 1. The minimum Gasteiger partial charge on any atom is -0.376 e. The van der Waals surface area contributed by atoms with Gasteiger partial charge in [-0.05, 0) is 14.0 Å².